The highest BCUT2D eigenvalue weighted by atomic mass is 19.1. The van der Waals surface area contributed by atoms with E-state index in [2.05, 4.69) is 31.4 Å². The van der Waals surface area contributed by atoms with Crippen LogP contribution in [0.5, 0.6) is 0 Å². The van der Waals surface area contributed by atoms with Gasteiger partial charge in [0.1, 0.15) is 5.82 Å². The van der Waals surface area contributed by atoms with Gasteiger partial charge in [-0.1, -0.05) is 6.07 Å². The van der Waals surface area contributed by atoms with Crippen LogP contribution in [0, 0.1) is 12.7 Å². The predicted molar refractivity (Wildman–Crippen MR) is 75.2 cm³/mol. The monoisotopic (exact) mass is 252 g/mol. The Balaban J connectivity index is 2.18. The Morgan fingerprint density at radius 2 is 1.89 bits per heavy atom. The summed E-state index contributed by atoms with van der Waals surface area (Å²) in [5, 5.41) is 6.84. The van der Waals surface area contributed by atoms with Gasteiger partial charge in [-0.25, -0.2) is 4.39 Å². The third kappa shape index (κ3) is 6.12. The van der Waals surface area contributed by atoms with Crippen LogP contribution in [0.15, 0.2) is 18.2 Å². The van der Waals surface area contributed by atoms with Crippen molar-refractivity contribution in [3.05, 3.63) is 35.1 Å². The molecule has 0 radical (unpaired) electrons. The molecule has 1 aromatic rings. The summed E-state index contributed by atoms with van der Waals surface area (Å²) >= 11 is 0. The summed E-state index contributed by atoms with van der Waals surface area (Å²) in [5.41, 5.74) is 2.36. The van der Waals surface area contributed by atoms with E-state index in [1.807, 2.05) is 13.0 Å². The lowest BCUT2D eigenvalue weighted by Crippen LogP contribution is -2.37. The van der Waals surface area contributed by atoms with Crippen molar-refractivity contribution in [1.82, 2.24) is 10.6 Å². The molecule has 0 saturated carbocycles. The van der Waals surface area contributed by atoms with Gasteiger partial charge in [-0.3, -0.25) is 0 Å². The highest BCUT2D eigenvalue weighted by Gasteiger charge is 2.06. The van der Waals surface area contributed by atoms with Crippen LogP contribution < -0.4 is 10.6 Å². The molecule has 0 spiro atoms. The van der Waals surface area contributed by atoms with Gasteiger partial charge in [0.2, 0.25) is 0 Å². The predicted octanol–water partition coefficient (Wildman–Crippen LogP) is 3.00. The molecule has 0 atom stereocenters. The van der Waals surface area contributed by atoms with Crippen LogP contribution in [-0.2, 0) is 6.54 Å². The van der Waals surface area contributed by atoms with Crippen molar-refractivity contribution in [2.45, 2.75) is 46.2 Å². The number of benzene rings is 1. The molecule has 0 aromatic heterocycles. The molecule has 102 valence electrons. The van der Waals surface area contributed by atoms with Crippen LogP contribution in [0.25, 0.3) is 0 Å². The summed E-state index contributed by atoms with van der Waals surface area (Å²) in [6.45, 7) is 11.2. The average molecular weight is 252 g/mol. The second-order valence-corrected chi connectivity index (χ2v) is 5.78. The number of rotatable bonds is 6. The van der Waals surface area contributed by atoms with E-state index in [4.69, 9.17) is 0 Å². The highest BCUT2D eigenvalue weighted by molar-refractivity contribution is 5.26. The zero-order chi connectivity index (χ0) is 13.6. The molecule has 0 unspecified atom stereocenters. The number of aryl methyl sites for hydroxylation is 1. The van der Waals surface area contributed by atoms with Gasteiger partial charge in [-0.15, -0.1) is 0 Å². The summed E-state index contributed by atoms with van der Waals surface area (Å²) in [4.78, 5) is 0. The summed E-state index contributed by atoms with van der Waals surface area (Å²) in [6.07, 6.45) is 1.09. The standard InChI is InChI=1S/C15H25FN2/c1-12-10-14(16)7-6-13(12)11-17-8-5-9-18-15(2,3)4/h6-7,10,17-18H,5,8-9,11H2,1-4H3. The van der Waals surface area contributed by atoms with Gasteiger partial charge in [0.15, 0.2) is 0 Å². The Bertz CT molecular complexity index is 369. The molecule has 3 heteroatoms. The van der Waals surface area contributed by atoms with Crippen molar-refractivity contribution in [2.24, 2.45) is 0 Å². The SMILES string of the molecule is Cc1cc(F)ccc1CNCCCNC(C)(C)C. The van der Waals surface area contributed by atoms with E-state index in [-0.39, 0.29) is 11.4 Å². The Morgan fingerprint density at radius 1 is 1.17 bits per heavy atom. The minimum absolute atomic E-state index is 0.161. The Labute approximate surface area is 110 Å². The first kappa shape index (κ1) is 15.1. The van der Waals surface area contributed by atoms with Crippen LogP contribution in [0.3, 0.4) is 0 Å². The largest absolute Gasteiger partial charge is 0.313 e. The number of hydrogen-bond acceptors (Lipinski definition) is 2. The van der Waals surface area contributed by atoms with Crippen molar-refractivity contribution in [2.75, 3.05) is 13.1 Å². The van der Waals surface area contributed by atoms with E-state index in [1.165, 1.54) is 11.6 Å². The fourth-order valence-electron chi connectivity index (χ4n) is 1.76. The van der Waals surface area contributed by atoms with E-state index < -0.39 is 0 Å². The van der Waals surface area contributed by atoms with E-state index in [9.17, 15) is 4.39 Å². The van der Waals surface area contributed by atoms with Crippen LogP contribution in [-0.4, -0.2) is 18.6 Å². The highest BCUT2D eigenvalue weighted by Crippen LogP contribution is 2.09. The molecular formula is C15H25FN2. The Kier molecular flexibility index (Phi) is 5.76. The van der Waals surface area contributed by atoms with Gasteiger partial charge >= 0.3 is 0 Å². The summed E-state index contributed by atoms with van der Waals surface area (Å²) in [5.74, 6) is -0.161. The topological polar surface area (TPSA) is 24.1 Å². The molecule has 18 heavy (non-hydrogen) atoms. The lowest BCUT2D eigenvalue weighted by molar-refractivity contribution is 0.418. The summed E-state index contributed by atoms with van der Waals surface area (Å²) in [6, 6.07) is 4.95. The molecule has 0 fully saturated rings. The van der Waals surface area contributed by atoms with Crippen LogP contribution in [0.1, 0.15) is 38.3 Å². The Morgan fingerprint density at radius 3 is 2.50 bits per heavy atom. The van der Waals surface area contributed by atoms with Crippen molar-refractivity contribution in [3.63, 3.8) is 0 Å². The van der Waals surface area contributed by atoms with E-state index >= 15 is 0 Å². The van der Waals surface area contributed by atoms with E-state index in [0.717, 1.165) is 31.6 Å². The van der Waals surface area contributed by atoms with Crippen LogP contribution in [0.2, 0.25) is 0 Å². The van der Waals surface area contributed by atoms with Gasteiger partial charge in [0.05, 0.1) is 0 Å². The molecule has 0 saturated heterocycles. The lowest BCUT2D eigenvalue weighted by atomic mass is 10.1. The summed E-state index contributed by atoms with van der Waals surface area (Å²) in [7, 11) is 0. The molecule has 0 aliphatic heterocycles. The normalized spacial score (nSPS) is 11.8. The fourth-order valence-corrected chi connectivity index (χ4v) is 1.76. The summed E-state index contributed by atoms with van der Waals surface area (Å²) < 4.78 is 12.9. The number of hydrogen-bond donors (Lipinski definition) is 2. The van der Waals surface area contributed by atoms with Gasteiger partial charge in [0, 0.05) is 12.1 Å². The molecule has 0 heterocycles. The molecule has 0 aliphatic rings. The van der Waals surface area contributed by atoms with Crippen molar-refractivity contribution < 1.29 is 4.39 Å². The zero-order valence-corrected chi connectivity index (χ0v) is 11.9. The average Bonchev–Trinajstić information content (AvgIpc) is 2.24. The van der Waals surface area contributed by atoms with Crippen LogP contribution in [0.4, 0.5) is 4.39 Å². The van der Waals surface area contributed by atoms with Gasteiger partial charge < -0.3 is 10.6 Å². The van der Waals surface area contributed by atoms with Gasteiger partial charge in [-0.05, 0) is 70.5 Å². The van der Waals surface area contributed by atoms with Crippen molar-refractivity contribution in [1.29, 1.82) is 0 Å². The third-order valence-electron chi connectivity index (χ3n) is 2.81. The third-order valence-corrected chi connectivity index (χ3v) is 2.81. The molecule has 1 rings (SSSR count). The smallest absolute Gasteiger partial charge is 0.123 e. The molecule has 0 bridgehead atoms. The Hall–Kier alpha value is -0.930. The second-order valence-electron chi connectivity index (χ2n) is 5.78. The first-order valence-electron chi connectivity index (χ1n) is 6.59. The van der Waals surface area contributed by atoms with Gasteiger partial charge in [-0.2, -0.15) is 0 Å². The van der Waals surface area contributed by atoms with Crippen molar-refractivity contribution in [3.8, 4) is 0 Å². The molecule has 2 nitrogen and oxygen atoms in total. The lowest BCUT2D eigenvalue weighted by Gasteiger charge is -2.20. The van der Waals surface area contributed by atoms with E-state index in [0.29, 0.717) is 0 Å². The zero-order valence-electron chi connectivity index (χ0n) is 11.9. The first-order valence-corrected chi connectivity index (χ1v) is 6.59. The van der Waals surface area contributed by atoms with Crippen molar-refractivity contribution >= 4 is 0 Å². The first-order chi connectivity index (χ1) is 8.38. The fraction of sp³-hybridized carbons (Fsp3) is 0.600. The minimum atomic E-state index is -0.161. The quantitative estimate of drug-likeness (QED) is 0.761. The minimum Gasteiger partial charge on any atom is -0.313 e. The second kappa shape index (κ2) is 6.86. The van der Waals surface area contributed by atoms with E-state index in [1.54, 1.807) is 6.07 Å². The van der Waals surface area contributed by atoms with Gasteiger partial charge in [0.25, 0.3) is 0 Å². The molecule has 0 aliphatic carbocycles. The molecule has 2 N–H and O–H groups in total. The maximum atomic E-state index is 12.9. The molecule has 0 amide bonds. The number of halogens is 1. The maximum absolute atomic E-state index is 12.9. The maximum Gasteiger partial charge on any atom is 0.123 e. The van der Waals surface area contributed by atoms with Crippen LogP contribution >= 0.6 is 0 Å². The molecule has 1 aromatic carbocycles. The number of nitrogens with one attached hydrogen (secondary N) is 2. The molecular weight excluding hydrogens is 227 g/mol.